The maximum absolute atomic E-state index is 13.1. The van der Waals surface area contributed by atoms with Crippen LogP contribution in [0.2, 0.25) is 0 Å². The molecule has 4 rings (SSSR count). The summed E-state index contributed by atoms with van der Waals surface area (Å²) in [7, 11) is 0. The predicted molar refractivity (Wildman–Crippen MR) is 105 cm³/mol. The summed E-state index contributed by atoms with van der Waals surface area (Å²) in [6.07, 6.45) is 0.995. The fourth-order valence-corrected chi connectivity index (χ4v) is 4.12. The Balaban J connectivity index is 1.79. The summed E-state index contributed by atoms with van der Waals surface area (Å²) in [5.41, 5.74) is 8.89. The number of hydrogen-bond donors (Lipinski definition) is 1. The van der Waals surface area contributed by atoms with Gasteiger partial charge in [-0.1, -0.05) is 58.4 Å². The van der Waals surface area contributed by atoms with Crippen molar-refractivity contribution >= 4 is 21.7 Å². The second-order valence-electron chi connectivity index (χ2n) is 6.75. The molecule has 0 saturated carbocycles. The van der Waals surface area contributed by atoms with E-state index >= 15 is 0 Å². The maximum atomic E-state index is 13.1. The zero-order valence-electron chi connectivity index (χ0n) is 14.5. The lowest BCUT2D eigenvalue weighted by Gasteiger charge is -2.34. The first-order valence-corrected chi connectivity index (χ1v) is 9.52. The Kier molecular flexibility index (Phi) is 4.59. The molecule has 0 radical (unpaired) electrons. The van der Waals surface area contributed by atoms with Crippen molar-refractivity contribution in [3.63, 3.8) is 0 Å². The van der Waals surface area contributed by atoms with Crippen LogP contribution >= 0.6 is 15.9 Å². The third-order valence-corrected chi connectivity index (χ3v) is 5.66. The molecule has 0 amide bonds. The molecular formula is C22H17BrN2O2. The number of carbonyl (C=O) groups is 1. The van der Waals surface area contributed by atoms with Crippen molar-refractivity contribution < 1.29 is 9.53 Å². The number of benzene rings is 2. The van der Waals surface area contributed by atoms with Gasteiger partial charge in [-0.15, -0.1) is 0 Å². The lowest BCUT2D eigenvalue weighted by Crippen LogP contribution is -2.29. The van der Waals surface area contributed by atoms with Gasteiger partial charge in [0, 0.05) is 22.9 Å². The zero-order valence-corrected chi connectivity index (χ0v) is 16.1. The minimum Gasteiger partial charge on any atom is -0.444 e. The molecule has 0 aromatic heterocycles. The topological polar surface area (TPSA) is 76.1 Å². The van der Waals surface area contributed by atoms with Gasteiger partial charge in [-0.2, -0.15) is 5.26 Å². The second kappa shape index (κ2) is 7.05. The highest BCUT2D eigenvalue weighted by Crippen LogP contribution is 2.46. The molecule has 0 fully saturated rings. The molecule has 1 aliphatic carbocycles. The lowest BCUT2D eigenvalue weighted by atomic mass is 9.74. The van der Waals surface area contributed by atoms with Crippen molar-refractivity contribution in [3.8, 4) is 6.07 Å². The molecule has 2 aliphatic rings. The van der Waals surface area contributed by atoms with E-state index in [0.717, 1.165) is 15.6 Å². The standard InChI is InChI=1S/C22H17BrN2O2/c23-16-8-6-14(7-9-16)20-17(12-24)22(25)27-19-11-15(10-18(26)21(19)20)13-4-2-1-3-5-13/h1-9,15,20H,10-11,25H2. The van der Waals surface area contributed by atoms with E-state index in [9.17, 15) is 10.1 Å². The molecule has 2 unspecified atom stereocenters. The van der Waals surface area contributed by atoms with Gasteiger partial charge >= 0.3 is 0 Å². The van der Waals surface area contributed by atoms with E-state index in [1.165, 1.54) is 0 Å². The number of carbonyl (C=O) groups excluding carboxylic acids is 1. The zero-order chi connectivity index (χ0) is 19.0. The van der Waals surface area contributed by atoms with Gasteiger partial charge in [0.25, 0.3) is 0 Å². The highest BCUT2D eigenvalue weighted by Gasteiger charge is 2.40. The first-order chi connectivity index (χ1) is 13.1. The molecule has 2 N–H and O–H groups in total. The number of halogens is 1. The number of allylic oxidation sites excluding steroid dienone is 3. The van der Waals surface area contributed by atoms with E-state index < -0.39 is 5.92 Å². The van der Waals surface area contributed by atoms with Gasteiger partial charge in [0.2, 0.25) is 5.88 Å². The average Bonchev–Trinajstić information content (AvgIpc) is 2.68. The fraction of sp³-hybridized carbons (Fsp3) is 0.182. The normalized spacial score (nSPS) is 22.1. The van der Waals surface area contributed by atoms with Crippen LogP contribution in [0.4, 0.5) is 0 Å². The lowest BCUT2D eigenvalue weighted by molar-refractivity contribution is -0.117. The third kappa shape index (κ3) is 3.17. The first-order valence-electron chi connectivity index (χ1n) is 8.72. The predicted octanol–water partition coefficient (Wildman–Crippen LogP) is 4.66. The number of nitriles is 1. The van der Waals surface area contributed by atoms with Crippen molar-refractivity contribution in [2.24, 2.45) is 5.73 Å². The molecule has 2 atom stereocenters. The van der Waals surface area contributed by atoms with Gasteiger partial charge in [-0.25, -0.2) is 0 Å². The molecular weight excluding hydrogens is 404 g/mol. The summed E-state index contributed by atoms with van der Waals surface area (Å²) < 4.78 is 6.71. The molecule has 0 spiro atoms. The van der Waals surface area contributed by atoms with E-state index in [2.05, 4.69) is 22.0 Å². The van der Waals surface area contributed by atoms with Gasteiger partial charge in [0.1, 0.15) is 17.4 Å². The summed E-state index contributed by atoms with van der Waals surface area (Å²) in [6, 6.07) is 19.7. The number of nitrogens with zero attached hydrogens (tertiary/aromatic N) is 1. The molecule has 1 aliphatic heterocycles. The molecule has 0 bridgehead atoms. The van der Waals surface area contributed by atoms with E-state index in [4.69, 9.17) is 10.5 Å². The third-order valence-electron chi connectivity index (χ3n) is 5.14. The first kappa shape index (κ1) is 17.6. The number of ketones is 1. The number of hydrogen-bond acceptors (Lipinski definition) is 4. The van der Waals surface area contributed by atoms with Gasteiger partial charge in [0.15, 0.2) is 5.78 Å². The molecule has 1 heterocycles. The van der Waals surface area contributed by atoms with Crippen LogP contribution in [0.25, 0.3) is 0 Å². The van der Waals surface area contributed by atoms with Crippen LogP contribution in [0.5, 0.6) is 0 Å². The smallest absolute Gasteiger partial charge is 0.205 e. The Morgan fingerprint density at radius 1 is 1.04 bits per heavy atom. The second-order valence-corrected chi connectivity index (χ2v) is 7.67. The largest absolute Gasteiger partial charge is 0.444 e. The molecule has 2 aromatic carbocycles. The Labute approximate surface area is 166 Å². The van der Waals surface area contributed by atoms with Crippen molar-refractivity contribution in [1.29, 1.82) is 5.26 Å². The molecule has 134 valence electrons. The highest BCUT2D eigenvalue weighted by atomic mass is 79.9. The van der Waals surface area contributed by atoms with Gasteiger partial charge in [0.05, 0.1) is 5.92 Å². The van der Waals surface area contributed by atoms with Crippen molar-refractivity contribution in [2.45, 2.75) is 24.7 Å². The van der Waals surface area contributed by atoms with Crippen molar-refractivity contribution in [3.05, 3.63) is 93.0 Å². The molecule has 2 aromatic rings. The molecule has 27 heavy (non-hydrogen) atoms. The number of Topliss-reactive ketones (excluding diaryl/α,β-unsaturated/α-hetero) is 1. The van der Waals surface area contributed by atoms with E-state index in [1.54, 1.807) is 0 Å². The number of rotatable bonds is 2. The summed E-state index contributed by atoms with van der Waals surface area (Å²) >= 11 is 3.42. The van der Waals surface area contributed by atoms with Gasteiger partial charge < -0.3 is 10.5 Å². The van der Waals surface area contributed by atoms with E-state index in [-0.39, 0.29) is 17.6 Å². The van der Waals surface area contributed by atoms with Crippen molar-refractivity contribution in [1.82, 2.24) is 0 Å². The van der Waals surface area contributed by atoms with Crippen LogP contribution in [0.1, 0.15) is 35.8 Å². The summed E-state index contributed by atoms with van der Waals surface area (Å²) in [4.78, 5) is 13.1. The highest BCUT2D eigenvalue weighted by molar-refractivity contribution is 9.10. The maximum Gasteiger partial charge on any atom is 0.205 e. The average molecular weight is 421 g/mol. The monoisotopic (exact) mass is 420 g/mol. The van der Waals surface area contributed by atoms with Crippen LogP contribution in [0.15, 0.2) is 81.9 Å². The van der Waals surface area contributed by atoms with Crippen LogP contribution in [0.3, 0.4) is 0 Å². The number of ether oxygens (including phenoxy) is 1. The Bertz CT molecular complexity index is 1000. The quantitative estimate of drug-likeness (QED) is 0.766. The van der Waals surface area contributed by atoms with Crippen LogP contribution in [-0.4, -0.2) is 5.78 Å². The van der Waals surface area contributed by atoms with Crippen LogP contribution < -0.4 is 5.73 Å². The summed E-state index contributed by atoms with van der Waals surface area (Å²) in [6.45, 7) is 0. The summed E-state index contributed by atoms with van der Waals surface area (Å²) in [5, 5.41) is 9.64. The summed E-state index contributed by atoms with van der Waals surface area (Å²) in [5.74, 6) is 0.268. The minimum absolute atomic E-state index is 0.0123. The molecule has 5 heteroatoms. The van der Waals surface area contributed by atoms with Crippen LogP contribution in [0, 0.1) is 11.3 Å². The Morgan fingerprint density at radius 2 is 1.74 bits per heavy atom. The SMILES string of the molecule is N#CC1=C(N)OC2=C(C(=O)CC(c3ccccc3)C2)C1c1ccc(Br)cc1. The molecule has 0 saturated heterocycles. The van der Waals surface area contributed by atoms with Crippen LogP contribution in [-0.2, 0) is 9.53 Å². The fourth-order valence-electron chi connectivity index (χ4n) is 3.86. The number of nitrogens with two attached hydrogens (primary N) is 1. The van der Waals surface area contributed by atoms with E-state index in [0.29, 0.717) is 29.7 Å². The van der Waals surface area contributed by atoms with Gasteiger partial charge in [-0.3, -0.25) is 4.79 Å². The minimum atomic E-state index is -0.476. The van der Waals surface area contributed by atoms with Crippen molar-refractivity contribution in [2.75, 3.05) is 0 Å². The molecule has 4 nitrogen and oxygen atoms in total. The van der Waals surface area contributed by atoms with E-state index in [1.807, 2.05) is 54.6 Å². The Morgan fingerprint density at radius 3 is 2.41 bits per heavy atom. The Hall–Kier alpha value is -2.84. The van der Waals surface area contributed by atoms with Gasteiger partial charge in [-0.05, 0) is 29.2 Å².